The van der Waals surface area contributed by atoms with E-state index in [0.717, 1.165) is 4.88 Å². The molecule has 0 amide bonds. The molecule has 0 radical (unpaired) electrons. The third kappa shape index (κ3) is 3.20. The summed E-state index contributed by atoms with van der Waals surface area (Å²) in [6, 6.07) is -0.747. The second-order valence-electron chi connectivity index (χ2n) is 3.30. The normalized spacial score (nSPS) is 12.1. The maximum absolute atomic E-state index is 10.6. The van der Waals surface area contributed by atoms with Crippen LogP contribution in [0, 0.1) is 6.92 Å². The Morgan fingerprint density at radius 1 is 1.50 bits per heavy atom. The van der Waals surface area contributed by atoms with Crippen LogP contribution in [-0.4, -0.2) is 33.2 Å². The van der Waals surface area contributed by atoms with Crippen molar-refractivity contribution in [3.63, 3.8) is 0 Å². The summed E-state index contributed by atoms with van der Waals surface area (Å²) in [5.74, 6) is -1.93. The minimum absolute atomic E-state index is 0.147. The van der Waals surface area contributed by atoms with Crippen LogP contribution in [0.25, 0.3) is 0 Å². The summed E-state index contributed by atoms with van der Waals surface area (Å²) in [6.07, 6.45) is -0.147. The number of anilines is 1. The molecule has 7 heteroatoms. The topological polar surface area (TPSA) is 99.5 Å². The van der Waals surface area contributed by atoms with Gasteiger partial charge >= 0.3 is 11.9 Å². The van der Waals surface area contributed by atoms with Gasteiger partial charge in [-0.25, -0.2) is 4.98 Å². The number of hydrogen-bond acceptors (Lipinski definition) is 5. The molecular formula is C9H12N2O4S. The molecule has 0 bridgehead atoms. The second-order valence-corrected chi connectivity index (χ2v) is 4.50. The zero-order chi connectivity index (χ0) is 12.3. The molecule has 0 aliphatic rings. The van der Waals surface area contributed by atoms with E-state index in [1.807, 2.05) is 0 Å². The van der Waals surface area contributed by atoms with Crippen molar-refractivity contribution in [2.75, 3.05) is 5.32 Å². The molecule has 0 spiro atoms. The average molecular weight is 244 g/mol. The molecule has 0 aromatic carbocycles. The van der Waals surface area contributed by atoms with Gasteiger partial charge in [-0.1, -0.05) is 0 Å². The summed E-state index contributed by atoms with van der Waals surface area (Å²) in [5.41, 5.74) is 0.470. The molecule has 0 aliphatic carbocycles. The number of aliphatic carboxylic acids is 2. The molecule has 6 nitrogen and oxygen atoms in total. The molecule has 1 unspecified atom stereocenters. The van der Waals surface area contributed by atoms with Crippen LogP contribution < -0.4 is 5.32 Å². The minimum Gasteiger partial charge on any atom is -0.481 e. The van der Waals surface area contributed by atoms with E-state index in [-0.39, 0.29) is 6.42 Å². The predicted octanol–water partition coefficient (Wildman–Crippen LogP) is 0.964. The first-order valence-electron chi connectivity index (χ1n) is 4.57. The van der Waals surface area contributed by atoms with Crippen molar-refractivity contribution in [1.82, 2.24) is 4.98 Å². The van der Waals surface area contributed by atoms with Crippen LogP contribution in [0.4, 0.5) is 5.13 Å². The summed E-state index contributed by atoms with van der Waals surface area (Å²) in [7, 11) is 0. The highest BCUT2D eigenvalue weighted by Crippen LogP contribution is 2.23. The fraction of sp³-hybridized carbons (Fsp3) is 0.444. The molecule has 1 aromatic heterocycles. The van der Waals surface area contributed by atoms with Gasteiger partial charge in [0.25, 0.3) is 0 Å². The van der Waals surface area contributed by atoms with E-state index < -0.39 is 18.0 Å². The van der Waals surface area contributed by atoms with Gasteiger partial charge in [-0.2, -0.15) is 0 Å². The van der Waals surface area contributed by atoms with Crippen molar-refractivity contribution in [3.05, 3.63) is 10.6 Å². The van der Waals surface area contributed by atoms with E-state index in [1.54, 1.807) is 6.92 Å². The van der Waals surface area contributed by atoms with E-state index in [9.17, 15) is 9.59 Å². The molecular weight excluding hydrogens is 232 g/mol. The summed E-state index contributed by atoms with van der Waals surface area (Å²) < 4.78 is 0. The number of nitrogens with one attached hydrogen (secondary N) is 1. The summed E-state index contributed by atoms with van der Waals surface area (Å²) >= 11 is 1.25. The fourth-order valence-corrected chi connectivity index (χ4v) is 1.96. The van der Waals surface area contributed by atoms with Gasteiger partial charge in [0.1, 0.15) is 6.04 Å². The van der Waals surface area contributed by atoms with E-state index in [2.05, 4.69) is 10.3 Å². The Bertz CT molecular complexity index is 416. The third-order valence-electron chi connectivity index (χ3n) is 1.92. The first-order chi connectivity index (χ1) is 7.40. The molecule has 1 aromatic rings. The van der Waals surface area contributed by atoms with Gasteiger partial charge in [-0.15, -0.1) is 11.3 Å². The zero-order valence-electron chi connectivity index (χ0n) is 8.85. The van der Waals surface area contributed by atoms with Crippen LogP contribution in [0.3, 0.4) is 0 Å². The van der Waals surface area contributed by atoms with Crippen molar-refractivity contribution >= 4 is 28.4 Å². The number of aryl methyl sites for hydroxylation is 1. The van der Waals surface area contributed by atoms with Gasteiger partial charge in [-0.05, 0) is 13.8 Å². The quantitative estimate of drug-likeness (QED) is 0.713. The number of rotatable bonds is 5. The smallest absolute Gasteiger partial charge is 0.325 e. The molecule has 0 saturated carbocycles. The first kappa shape index (κ1) is 12.4. The molecule has 1 atom stereocenters. The molecule has 0 aliphatic heterocycles. The lowest BCUT2D eigenvalue weighted by atomic mass is 10.3. The van der Waals surface area contributed by atoms with E-state index in [1.165, 1.54) is 18.3 Å². The Labute approximate surface area is 95.9 Å². The van der Waals surface area contributed by atoms with Gasteiger partial charge < -0.3 is 15.5 Å². The van der Waals surface area contributed by atoms with Crippen molar-refractivity contribution in [2.45, 2.75) is 26.3 Å². The van der Waals surface area contributed by atoms with Crippen molar-refractivity contribution in [2.24, 2.45) is 0 Å². The first-order valence-corrected chi connectivity index (χ1v) is 5.39. The van der Waals surface area contributed by atoms with Crippen molar-refractivity contribution < 1.29 is 19.8 Å². The third-order valence-corrected chi connectivity index (χ3v) is 2.87. The van der Waals surface area contributed by atoms with Crippen LogP contribution >= 0.6 is 11.3 Å². The highest BCUT2D eigenvalue weighted by Gasteiger charge is 2.15. The van der Waals surface area contributed by atoms with Crippen molar-refractivity contribution in [3.8, 4) is 0 Å². The van der Waals surface area contributed by atoms with Gasteiger partial charge in [0.15, 0.2) is 5.13 Å². The molecule has 16 heavy (non-hydrogen) atoms. The molecule has 1 rings (SSSR count). The number of thiazole rings is 1. The highest BCUT2D eigenvalue weighted by atomic mass is 32.1. The largest absolute Gasteiger partial charge is 0.481 e. The lowest BCUT2D eigenvalue weighted by molar-refractivity contribution is -0.138. The fourth-order valence-electron chi connectivity index (χ4n) is 1.04. The summed E-state index contributed by atoms with van der Waals surface area (Å²) in [5, 5.41) is 20.4. The SMILES string of the molecule is Cc1sc(NC(C)C(=O)O)nc1CC(=O)O. The van der Waals surface area contributed by atoms with Crippen LogP contribution in [0.2, 0.25) is 0 Å². The van der Waals surface area contributed by atoms with Gasteiger partial charge in [0.2, 0.25) is 0 Å². The number of aromatic nitrogens is 1. The molecule has 0 saturated heterocycles. The van der Waals surface area contributed by atoms with Gasteiger partial charge in [0, 0.05) is 4.88 Å². The van der Waals surface area contributed by atoms with Crippen LogP contribution in [-0.2, 0) is 16.0 Å². The number of carboxylic acid groups (broad SMARTS) is 2. The predicted molar refractivity (Wildman–Crippen MR) is 58.9 cm³/mol. The van der Waals surface area contributed by atoms with Gasteiger partial charge in [-0.3, -0.25) is 9.59 Å². The van der Waals surface area contributed by atoms with Gasteiger partial charge in [0.05, 0.1) is 12.1 Å². The summed E-state index contributed by atoms with van der Waals surface area (Å²) in [6.45, 7) is 3.25. The Hall–Kier alpha value is -1.63. The summed E-state index contributed by atoms with van der Waals surface area (Å²) in [4.78, 5) is 25.9. The maximum atomic E-state index is 10.6. The maximum Gasteiger partial charge on any atom is 0.325 e. The Kier molecular flexibility index (Phi) is 3.83. The standard InChI is InChI=1S/C9H12N2O4S/c1-4(8(14)15)10-9-11-6(3-7(12)13)5(2)16-9/h4H,3H2,1-2H3,(H,10,11)(H,12,13)(H,14,15). The van der Waals surface area contributed by atoms with E-state index in [0.29, 0.717) is 10.8 Å². The lowest BCUT2D eigenvalue weighted by Crippen LogP contribution is -2.25. The van der Waals surface area contributed by atoms with E-state index in [4.69, 9.17) is 10.2 Å². The minimum atomic E-state index is -0.979. The van der Waals surface area contributed by atoms with Crippen molar-refractivity contribution in [1.29, 1.82) is 0 Å². The van der Waals surface area contributed by atoms with E-state index >= 15 is 0 Å². The Balaban J connectivity index is 2.76. The Morgan fingerprint density at radius 2 is 2.12 bits per heavy atom. The number of nitrogens with zero attached hydrogens (tertiary/aromatic N) is 1. The number of hydrogen-bond donors (Lipinski definition) is 3. The van der Waals surface area contributed by atoms with Crippen LogP contribution in [0.15, 0.2) is 0 Å². The highest BCUT2D eigenvalue weighted by molar-refractivity contribution is 7.15. The molecule has 1 heterocycles. The lowest BCUT2D eigenvalue weighted by Gasteiger charge is -2.05. The second kappa shape index (κ2) is 4.93. The molecule has 3 N–H and O–H groups in total. The van der Waals surface area contributed by atoms with Crippen LogP contribution in [0.1, 0.15) is 17.5 Å². The monoisotopic (exact) mass is 244 g/mol. The number of carboxylic acids is 2. The van der Waals surface area contributed by atoms with Crippen LogP contribution in [0.5, 0.6) is 0 Å². The Morgan fingerprint density at radius 3 is 2.62 bits per heavy atom. The molecule has 88 valence electrons. The molecule has 0 fully saturated rings. The average Bonchev–Trinajstić information content (AvgIpc) is 2.45. The number of carbonyl (C=O) groups is 2. The zero-order valence-corrected chi connectivity index (χ0v) is 9.67.